The molecule has 1 aliphatic heterocycles. The van der Waals surface area contributed by atoms with Gasteiger partial charge >= 0.3 is 0 Å². The van der Waals surface area contributed by atoms with Crippen molar-refractivity contribution in [3.8, 4) is 0 Å². The quantitative estimate of drug-likeness (QED) is 0.834. The van der Waals surface area contributed by atoms with Crippen molar-refractivity contribution < 1.29 is 0 Å². The van der Waals surface area contributed by atoms with Crippen molar-refractivity contribution in [2.75, 3.05) is 31.1 Å². The Labute approximate surface area is 115 Å². The van der Waals surface area contributed by atoms with Crippen LogP contribution in [-0.4, -0.2) is 47.3 Å². The van der Waals surface area contributed by atoms with Gasteiger partial charge in [0, 0.05) is 32.2 Å². The lowest BCUT2D eigenvalue weighted by atomic mass is 9.91. The first-order chi connectivity index (χ1) is 9.24. The second-order valence-corrected chi connectivity index (χ2v) is 6.08. The van der Waals surface area contributed by atoms with E-state index in [9.17, 15) is 0 Å². The van der Waals surface area contributed by atoms with Gasteiger partial charge in [0.2, 0.25) is 0 Å². The summed E-state index contributed by atoms with van der Waals surface area (Å²) in [4.78, 5) is 5.02. The fraction of sp³-hybridized carbons (Fsp3) is 0.733. The molecule has 1 aromatic heterocycles. The molecule has 0 aromatic carbocycles. The molecular formula is C15H24N4. The smallest absolute Gasteiger partial charge is 0.151 e. The summed E-state index contributed by atoms with van der Waals surface area (Å²) < 4.78 is 0. The summed E-state index contributed by atoms with van der Waals surface area (Å²) >= 11 is 0. The van der Waals surface area contributed by atoms with Crippen LogP contribution >= 0.6 is 0 Å². The third-order valence-corrected chi connectivity index (χ3v) is 4.49. The van der Waals surface area contributed by atoms with Crippen molar-refractivity contribution >= 4 is 5.82 Å². The molecular weight excluding hydrogens is 236 g/mol. The molecule has 1 aliphatic carbocycles. The van der Waals surface area contributed by atoms with Gasteiger partial charge in [0.25, 0.3) is 0 Å². The van der Waals surface area contributed by atoms with E-state index in [0.29, 0.717) is 5.92 Å². The molecule has 19 heavy (non-hydrogen) atoms. The summed E-state index contributed by atoms with van der Waals surface area (Å²) in [6.45, 7) is 8.84. The summed E-state index contributed by atoms with van der Waals surface area (Å²) in [5.41, 5.74) is 1.08. The van der Waals surface area contributed by atoms with Crippen molar-refractivity contribution in [3.63, 3.8) is 0 Å². The number of aromatic nitrogens is 2. The van der Waals surface area contributed by atoms with E-state index in [4.69, 9.17) is 0 Å². The van der Waals surface area contributed by atoms with Crippen LogP contribution in [0.15, 0.2) is 12.1 Å². The molecule has 0 radical (unpaired) electrons. The highest BCUT2D eigenvalue weighted by molar-refractivity contribution is 5.38. The highest BCUT2D eigenvalue weighted by Gasteiger charge is 2.28. The second kappa shape index (κ2) is 5.45. The zero-order valence-electron chi connectivity index (χ0n) is 12.0. The van der Waals surface area contributed by atoms with Crippen LogP contribution in [0, 0.1) is 0 Å². The average molecular weight is 260 g/mol. The average Bonchev–Trinajstić information content (AvgIpc) is 2.38. The largest absolute Gasteiger partial charge is 0.353 e. The first-order valence-corrected chi connectivity index (χ1v) is 7.56. The van der Waals surface area contributed by atoms with Crippen LogP contribution in [0.4, 0.5) is 5.82 Å². The number of hydrogen-bond donors (Lipinski definition) is 0. The molecule has 0 amide bonds. The Morgan fingerprint density at radius 3 is 2.26 bits per heavy atom. The Morgan fingerprint density at radius 1 is 1.05 bits per heavy atom. The van der Waals surface area contributed by atoms with Gasteiger partial charge in [0.05, 0.1) is 5.69 Å². The Kier molecular flexibility index (Phi) is 3.69. The molecule has 3 rings (SSSR count). The lowest BCUT2D eigenvalue weighted by molar-refractivity contribution is 0.120. The van der Waals surface area contributed by atoms with Gasteiger partial charge in [0.1, 0.15) is 0 Å². The molecule has 2 fully saturated rings. The first kappa shape index (κ1) is 12.9. The molecule has 2 aliphatic rings. The van der Waals surface area contributed by atoms with Gasteiger partial charge in [-0.3, -0.25) is 4.90 Å². The molecule has 4 heteroatoms. The van der Waals surface area contributed by atoms with E-state index in [1.807, 2.05) is 0 Å². The Bertz CT molecular complexity index is 403. The van der Waals surface area contributed by atoms with E-state index in [2.05, 4.69) is 46.0 Å². The van der Waals surface area contributed by atoms with Crippen molar-refractivity contribution in [3.05, 3.63) is 17.8 Å². The van der Waals surface area contributed by atoms with Gasteiger partial charge < -0.3 is 4.90 Å². The summed E-state index contributed by atoms with van der Waals surface area (Å²) in [5, 5.41) is 8.71. The maximum Gasteiger partial charge on any atom is 0.151 e. The zero-order chi connectivity index (χ0) is 13.2. The molecule has 2 heterocycles. The van der Waals surface area contributed by atoms with Gasteiger partial charge in [-0.15, -0.1) is 5.10 Å². The molecule has 0 atom stereocenters. The fourth-order valence-corrected chi connectivity index (χ4v) is 2.88. The zero-order valence-corrected chi connectivity index (χ0v) is 12.0. The number of nitrogens with zero attached hydrogens (tertiary/aromatic N) is 4. The fourth-order valence-electron chi connectivity index (χ4n) is 2.88. The van der Waals surface area contributed by atoms with Crippen molar-refractivity contribution in [1.82, 2.24) is 15.1 Å². The number of rotatable bonds is 3. The predicted molar refractivity (Wildman–Crippen MR) is 77.5 cm³/mol. The monoisotopic (exact) mass is 260 g/mol. The van der Waals surface area contributed by atoms with E-state index in [1.54, 1.807) is 0 Å². The minimum absolute atomic E-state index is 0.456. The first-order valence-electron chi connectivity index (χ1n) is 7.56. The SMILES string of the molecule is CC(C)c1ccc(N2CCN(C3CCC3)CC2)nn1. The van der Waals surface area contributed by atoms with Gasteiger partial charge in [-0.2, -0.15) is 5.10 Å². The van der Waals surface area contributed by atoms with Crippen LogP contribution in [0.1, 0.15) is 44.7 Å². The molecule has 4 nitrogen and oxygen atoms in total. The van der Waals surface area contributed by atoms with E-state index < -0.39 is 0 Å². The summed E-state index contributed by atoms with van der Waals surface area (Å²) in [6.07, 6.45) is 4.23. The van der Waals surface area contributed by atoms with Gasteiger partial charge in [-0.05, 0) is 30.9 Å². The van der Waals surface area contributed by atoms with Crippen molar-refractivity contribution in [2.45, 2.75) is 45.1 Å². The van der Waals surface area contributed by atoms with E-state index in [1.165, 1.54) is 32.4 Å². The van der Waals surface area contributed by atoms with Crippen LogP contribution < -0.4 is 4.90 Å². The van der Waals surface area contributed by atoms with Crippen LogP contribution in [-0.2, 0) is 0 Å². The molecule has 1 saturated heterocycles. The van der Waals surface area contributed by atoms with Crippen molar-refractivity contribution in [2.24, 2.45) is 0 Å². The van der Waals surface area contributed by atoms with Gasteiger partial charge in [-0.25, -0.2) is 0 Å². The lowest BCUT2D eigenvalue weighted by Crippen LogP contribution is -2.52. The second-order valence-electron chi connectivity index (χ2n) is 6.08. The standard InChI is InChI=1S/C15H24N4/c1-12(2)14-6-7-15(17-16-14)19-10-8-18(9-11-19)13-4-3-5-13/h6-7,12-13H,3-5,8-11H2,1-2H3. The topological polar surface area (TPSA) is 32.3 Å². The lowest BCUT2D eigenvalue weighted by Gasteiger charge is -2.43. The summed E-state index contributed by atoms with van der Waals surface area (Å²) in [6, 6.07) is 5.11. The van der Waals surface area contributed by atoms with Crippen LogP contribution in [0.5, 0.6) is 0 Å². The Morgan fingerprint density at radius 2 is 1.79 bits per heavy atom. The molecule has 0 unspecified atom stereocenters. The van der Waals surface area contributed by atoms with E-state index in [0.717, 1.165) is 30.6 Å². The van der Waals surface area contributed by atoms with Crippen molar-refractivity contribution in [1.29, 1.82) is 0 Å². The maximum atomic E-state index is 4.39. The third-order valence-electron chi connectivity index (χ3n) is 4.49. The third kappa shape index (κ3) is 2.73. The molecule has 1 saturated carbocycles. The number of anilines is 1. The minimum atomic E-state index is 0.456. The molecule has 0 N–H and O–H groups in total. The molecule has 104 valence electrons. The van der Waals surface area contributed by atoms with Gasteiger partial charge in [0.15, 0.2) is 5.82 Å². The van der Waals surface area contributed by atoms with Gasteiger partial charge in [-0.1, -0.05) is 20.3 Å². The highest BCUT2D eigenvalue weighted by atomic mass is 15.3. The summed E-state index contributed by atoms with van der Waals surface area (Å²) in [5.74, 6) is 1.50. The highest BCUT2D eigenvalue weighted by Crippen LogP contribution is 2.26. The van der Waals surface area contributed by atoms with Crippen LogP contribution in [0.25, 0.3) is 0 Å². The predicted octanol–water partition coefficient (Wildman–Crippen LogP) is 2.27. The van der Waals surface area contributed by atoms with E-state index >= 15 is 0 Å². The van der Waals surface area contributed by atoms with Crippen LogP contribution in [0.3, 0.4) is 0 Å². The number of hydrogen-bond acceptors (Lipinski definition) is 4. The normalized spacial score (nSPS) is 21.7. The Balaban J connectivity index is 1.58. The molecule has 0 spiro atoms. The minimum Gasteiger partial charge on any atom is -0.353 e. The Hall–Kier alpha value is -1.16. The molecule has 0 bridgehead atoms. The van der Waals surface area contributed by atoms with E-state index in [-0.39, 0.29) is 0 Å². The molecule has 1 aromatic rings. The summed E-state index contributed by atoms with van der Waals surface area (Å²) in [7, 11) is 0. The number of piperazine rings is 1. The maximum absolute atomic E-state index is 4.39. The van der Waals surface area contributed by atoms with Crippen LogP contribution in [0.2, 0.25) is 0 Å².